The van der Waals surface area contributed by atoms with E-state index in [0.29, 0.717) is 28.9 Å². The van der Waals surface area contributed by atoms with Gasteiger partial charge in [0.25, 0.3) is 0 Å². The summed E-state index contributed by atoms with van der Waals surface area (Å²) in [4.78, 5) is 0.131. The molecular formula is C18H18N8O3S. The predicted octanol–water partition coefficient (Wildman–Crippen LogP) is 1.14. The Labute approximate surface area is 172 Å². The molecule has 0 bridgehead atoms. The third-order valence-electron chi connectivity index (χ3n) is 4.42. The highest BCUT2D eigenvalue weighted by atomic mass is 32.2. The summed E-state index contributed by atoms with van der Waals surface area (Å²) in [6.07, 6.45) is 1.95. The molecule has 30 heavy (non-hydrogen) atoms. The lowest BCUT2D eigenvalue weighted by Crippen LogP contribution is -2.38. The van der Waals surface area contributed by atoms with Gasteiger partial charge in [-0.3, -0.25) is 0 Å². The van der Waals surface area contributed by atoms with Crippen LogP contribution in [0.3, 0.4) is 0 Å². The molecule has 12 heteroatoms. The molecule has 2 aromatic carbocycles. The van der Waals surface area contributed by atoms with Gasteiger partial charge in [-0.05, 0) is 58.5 Å². The molecule has 154 valence electrons. The zero-order valence-electron chi connectivity index (χ0n) is 16.0. The van der Waals surface area contributed by atoms with Gasteiger partial charge < -0.3 is 4.74 Å². The second-order valence-electron chi connectivity index (χ2n) is 6.40. The predicted molar refractivity (Wildman–Crippen MR) is 106 cm³/mol. The fourth-order valence-electron chi connectivity index (χ4n) is 2.77. The van der Waals surface area contributed by atoms with Gasteiger partial charge in [0.15, 0.2) is 0 Å². The Morgan fingerprint density at radius 1 is 1.07 bits per heavy atom. The minimum atomic E-state index is -3.74. The number of tetrazole rings is 1. The number of nitrogens with one attached hydrogen (secondary N) is 1. The highest BCUT2D eigenvalue weighted by Crippen LogP contribution is 2.20. The number of benzene rings is 2. The van der Waals surface area contributed by atoms with E-state index in [1.807, 2.05) is 25.1 Å². The summed E-state index contributed by atoms with van der Waals surface area (Å²) in [5.74, 6) is 0.309. The quantitative estimate of drug-likeness (QED) is 0.439. The number of hydrogen-bond donors (Lipinski definition) is 1. The molecule has 0 unspecified atom stereocenters. The van der Waals surface area contributed by atoms with Crippen LogP contribution in [-0.4, -0.2) is 56.7 Å². The summed E-state index contributed by atoms with van der Waals surface area (Å²) in [7, 11) is -3.74. The summed E-state index contributed by atoms with van der Waals surface area (Å²) < 4.78 is 35.4. The molecule has 0 aliphatic carbocycles. The number of hydrogen-bond acceptors (Lipinski definition) is 9. The van der Waals surface area contributed by atoms with Crippen molar-refractivity contribution in [3.63, 3.8) is 0 Å². The van der Waals surface area contributed by atoms with Gasteiger partial charge in [0.2, 0.25) is 15.9 Å². The van der Waals surface area contributed by atoms with Crippen LogP contribution in [0.1, 0.15) is 13.3 Å². The van der Waals surface area contributed by atoms with Crippen molar-refractivity contribution in [2.75, 3.05) is 6.61 Å². The molecule has 0 fully saturated rings. The van der Waals surface area contributed by atoms with E-state index in [1.165, 1.54) is 23.1 Å². The second kappa shape index (κ2) is 8.47. The molecule has 0 amide bonds. The fraction of sp³-hybridized carbons (Fsp3) is 0.222. The van der Waals surface area contributed by atoms with Crippen LogP contribution >= 0.6 is 0 Å². The Balaban J connectivity index is 1.46. The van der Waals surface area contributed by atoms with E-state index < -0.39 is 16.1 Å². The standard InChI is InChI=1S/C18H18N8O3S/c1-2-13(11-29-18-16-5-3-4-6-17(16)20-24-21-18)22-30(27,28)15-9-7-14(8-10-15)26-12-19-23-25-26/h3-10,12-13,22H,2,11H2,1H3/t13-/m0/s1. The van der Waals surface area contributed by atoms with Crippen LogP contribution in [0.2, 0.25) is 0 Å². The number of aromatic nitrogens is 7. The third kappa shape index (κ3) is 4.23. The van der Waals surface area contributed by atoms with Crippen molar-refractivity contribution in [2.24, 2.45) is 0 Å². The molecule has 0 spiro atoms. The molecule has 4 aromatic rings. The zero-order valence-corrected chi connectivity index (χ0v) is 16.8. The largest absolute Gasteiger partial charge is 0.474 e. The first kappa shape index (κ1) is 19.8. The van der Waals surface area contributed by atoms with Crippen molar-refractivity contribution >= 4 is 20.9 Å². The summed E-state index contributed by atoms with van der Waals surface area (Å²) >= 11 is 0. The number of sulfonamides is 1. The number of fused-ring (bicyclic) bond motifs is 1. The van der Waals surface area contributed by atoms with E-state index in [4.69, 9.17) is 4.74 Å². The van der Waals surface area contributed by atoms with E-state index in [-0.39, 0.29) is 11.5 Å². The Kier molecular flexibility index (Phi) is 5.59. The van der Waals surface area contributed by atoms with E-state index in [9.17, 15) is 8.42 Å². The van der Waals surface area contributed by atoms with Crippen LogP contribution in [0, 0.1) is 0 Å². The van der Waals surface area contributed by atoms with Crippen LogP contribution in [-0.2, 0) is 10.0 Å². The lowest BCUT2D eigenvalue weighted by Gasteiger charge is -2.18. The minimum Gasteiger partial charge on any atom is -0.474 e. The van der Waals surface area contributed by atoms with Crippen LogP contribution < -0.4 is 9.46 Å². The van der Waals surface area contributed by atoms with Crippen LogP contribution in [0.25, 0.3) is 16.6 Å². The maximum atomic E-state index is 12.8. The van der Waals surface area contributed by atoms with Crippen LogP contribution in [0.4, 0.5) is 0 Å². The van der Waals surface area contributed by atoms with E-state index in [1.54, 1.807) is 18.2 Å². The molecule has 0 radical (unpaired) electrons. The molecule has 0 saturated heterocycles. The van der Waals surface area contributed by atoms with E-state index >= 15 is 0 Å². The average Bonchev–Trinajstić information content (AvgIpc) is 3.31. The van der Waals surface area contributed by atoms with Gasteiger partial charge in [0.1, 0.15) is 18.5 Å². The molecule has 1 atom stereocenters. The Bertz CT molecular complexity index is 1220. The molecule has 0 saturated carbocycles. The first-order valence-corrected chi connectivity index (χ1v) is 10.6. The highest BCUT2D eigenvalue weighted by molar-refractivity contribution is 7.89. The summed E-state index contributed by atoms with van der Waals surface area (Å²) in [6.45, 7) is 1.97. The maximum Gasteiger partial charge on any atom is 0.244 e. The van der Waals surface area contributed by atoms with Crippen molar-refractivity contribution in [1.82, 2.24) is 40.3 Å². The van der Waals surface area contributed by atoms with Crippen molar-refractivity contribution in [2.45, 2.75) is 24.3 Å². The second-order valence-corrected chi connectivity index (χ2v) is 8.11. The molecule has 4 rings (SSSR count). The summed E-state index contributed by atoms with van der Waals surface area (Å²) in [6, 6.07) is 13.1. The zero-order chi connectivity index (χ0) is 21.0. The van der Waals surface area contributed by atoms with Gasteiger partial charge in [0, 0.05) is 0 Å². The molecule has 0 aliphatic heterocycles. The molecule has 2 aromatic heterocycles. The smallest absolute Gasteiger partial charge is 0.244 e. The number of ether oxygens (including phenoxy) is 1. The van der Waals surface area contributed by atoms with Gasteiger partial charge in [-0.25, -0.2) is 17.8 Å². The van der Waals surface area contributed by atoms with Crippen LogP contribution in [0.5, 0.6) is 5.88 Å². The molecule has 11 nitrogen and oxygen atoms in total. The van der Waals surface area contributed by atoms with E-state index in [0.717, 1.165) is 0 Å². The van der Waals surface area contributed by atoms with Crippen molar-refractivity contribution < 1.29 is 13.2 Å². The van der Waals surface area contributed by atoms with E-state index in [2.05, 4.69) is 35.7 Å². The maximum absolute atomic E-state index is 12.8. The van der Waals surface area contributed by atoms with Crippen molar-refractivity contribution in [1.29, 1.82) is 0 Å². The van der Waals surface area contributed by atoms with Crippen molar-refractivity contribution in [3.05, 3.63) is 54.9 Å². The molecular weight excluding hydrogens is 408 g/mol. The molecule has 1 N–H and O–H groups in total. The SMILES string of the molecule is CC[C@@H](COc1nnnc2ccccc12)NS(=O)(=O)c1ccc(-n2cnnn2)cc1. The van der Waals surface area contributed by atoms with Gasteiger partial charge in [0.05, 0.1) is 22.0 Å². The van der Waals surface area contributed by atoms with Crippen LogP contribution in [0.15, 0.2) is 59.8 Å². The first-order valence-electron chi connectivity index (χ1n) is 9.13. The summed E-state index contributed by atoms with van der Waals surface area (Å²) in [5, 5.41) is 23.2. The normalized spacial score (nSPS) is 12.7. The van der Waals surface area contributed by atoms with Crippen molar-refractivity contribution in [3.8, 4) is 11.6 Å². The first-order chi connectivity index (χ1) is 14.6. The topological polar surface area (TPSA) is 138 Å². The fourth-order valence-corrected chi connectivity index (χ4v) is 4.08. The third-order valence-corrected chi connectivity index (χ3v) is 5.96. The monoisotopic (exact) mass is 426 g/mol. The molecule has 0 aliphatic rings. The number of nitrogens with zero attached hydrogens (tertiary/aromatic N) is 7. The Morgan fingerprint density at radius 2 is 1.87 bits per heavy atom. The highest BCUT2D eigenvalue weighted by Gasteiger charge is 2.20. The lowest BCUT2D eigenvalue weighted by molar-refractivity contribution is 0.266. The Morgan fingerprint density at radius 3 is 2.60 bits per heavy atom. The lowest BCUT2D eigenvalue weighted by atomic mass is 10.2. The number of rotatable bonds is 8. The summed E-state index contributed by atoms with van der Waals surface area (Å²) in [5.41, 5.74) is 1.30. The van der Waals surface area contributed by atoms with Gasteiger partial charge in [-0.1, -0.05) is 24.2 Å². The molecule has 2 heterocycles. The Hall–Kier alpha value is -3.51. The average molecular weight is 426 g/mol. The van der Waals surface area contributed by atoms with Gasteiger partial charge in [-0.2, -0.15) is 0 Å². The van der Waals surface area contributed by atoms with Gasteiger partial charge in [-0.15, -0.1) is 10.2 Å². The minimum absolute atomic E-state index is 0.0983. The van der Waals surface area contributed by atoms with Gasteiger partial charge >= 0.3 is 0 Å².